The molecule has 0 aliphatic carbocycles. The van der Waals surface area contributed by atoms with Crippen LogP contribution in [0.5, 0.6) is 5.75 Å². The number of carboxylic acids is 1. The van der Waals surface area contributed by atoms with Crippen LogP contribution in [0.3, 0.4) is 0 Å². The zero-order chi connectivity index (χ0) is 27.1. The molecular weight excluding hydrogens is 499 g/mol. The van der Waals surface area contributed by atoms with Crippen molar-refractivity contribution in [2.24, 2.45) is 0 Å². The minimum Gasteiger partial charge on any atom is -0.481 e. The van der Waals surface area contributed by atoms with Crippen molar-refractivity contribution >= 4 is 22.9 Å². The first-order chi connectivity index (χ1) is 18.2. The van der Waals surface area contributed by atoms with Crippen molar-refractivity contribution in [3.63, 3.8) is 0 Å². The number of nitrogens with one attached hydrogen (secondary N) is 1. The van der Waals surface area contributed by atoms with E-state index in [1.807, 2.05) is 22.8 Å². The largest absolute Gasteiger partial charge is 0.573 e. The number of carbonyl (C=O) groups excluding carboxylic acids is 1. The van der Waals surface area contributed by atoms with Gasteiger partial charge in [-0.05, 0) is 55.2 Å². The first-order valence-corrected chi connectivity index (χ1v) is 12.1. The molecule has 0 aliphatic heterocycles. The number of alkyl halides is 3. The number of hydrogen-bond donors (Lipinski definition) is 2. The van der Waals surface area contributed by atoms with Crippen molar-refractivity contribution in [2.75, 3.05) is 6.54 Å². The Morgan fingerprint density at radius 3 is 2.50 bits per heavy atom. The van der Waals surface area contributed by atoms with Gasteiger partial charge < -0.3 is 19.7 Å². The number of carbonyl (C=O) groups is 2. The predicted octanol–water partition coefficient (Wildman–Crippen LogP) is 5.83. The maximum absolute atomic E-state index is 12.8. The summed E-state index contributed by atoms with van der Waals surface area (Å²) in [5, 5.41) is 11.3. The molecule has 0 aliphatic rings. The van der Waals surface area contributed by atoms with Crippen LogP contribution in [-0.2, 0) is 17.8 Å². The summed E-state index contributed by atoms with van der Waals surface area (Å²) >= 11 is 0. The molecule has 0 atom stereocenters. The molecule has 1 amide bonds. The van der Waals surface area contributed by atoms with Crippen molar-refractivity contribution in [1.82, 2.24) is 14.9 Å². The molecule has 7 nitrogen and oxygen atoms in total. The van der Waals surface area contributed by atoms with Crippen molar-refractivity contribution in [3.05, 3.63) is 83.9 Å². The van der Waals surface area contributed by atoms with E-state index in [4.69, 9.17) is 5.11 Å². The summed E-state index contributed by atoms with van der Waals surface area (Å²) in [6, 6.07) is 20.7. The third-order valence-electron chi connectivity index (χ3n) is 5.90. The summed E-state index contributed by atoms with van der Waals surface area (Å²) in [5.74, 6) is -1.35. The lowest BCUT2D eigenvalue weighted by Crippen LogP contribution is -2.25. The fourth-order valence-corrected chi connectivity index (χ4v) is 4.18. The highest BCUT2D eigenvalue weighted by Crippen LogP contribution is 2.30. The molecule has 4 aromatic rings. The Bertz CT molecular complexity index is 1420. The van der Waals surface area contributed by atoms with E-state index >= 15 is 0 Å². The quantitative estimate of drug-likeness (QED) is 0.241. The van der Waals surface area contributed by atoms with Crippen molar-refractivity contribution in [2.45, 2.75) is 38.6 Å². The molecule has 0 spiro atoms. The van der Waals surface area contributed by atoms with Crippen LogP contribution < -0.4 is 10.1 Å². The lowest BCUT2D eigenvalue weighted by molar-refractivity contribution is -0.274. The first kappa shape index (κ1) is 26.7. The highest BCUT2D eigenvalue weighted by Gasteiger charge is 2.31. The maximum atomic E-state index is 12.8. The summed E-state index contributed by atoms with van der Waals surface area (Å²) < 4.78 is 44.4. The van der Waals surface area contributed by atoms with Crippen LogP contribution in [0, 0.1) is 0 Å². The summed E-state index contributed by atoms with van der Waals surface area (Å²) in [7, 11) is 0. The third-order valence-corrected chi connectivity index (χ3v) is 5.90. The van der Waals surface area contributed by atoms with E-state index in [1.165, 1.54) is 23.8 Å². The van der Waals surface area contributed by atoms with E-state index in [0.29, 0.717) is 29.0 Å². The molecule has 0 saturated heterocycles. The Hall–Kier alpha value is -4.34. The van der Waals surface area contributed by atoms with Crippen LogP contribution in [0.4, 0.5) is 13.2 Å². The average molecular weight is 526 g/mol. The second-order valence-electron chi connectivity index (χ2n) is 8.71. The van der Waals surface area contributed by atoms with E-state index in [1.54, 1.807) is 24.3 Å². The van der Waals surface area contributed by atoms with E-state index in [0.717, 1.165) is 24.8 Å². The lowest BCUT2D eigenvalue weighted by Gasteiger charge is -2.12. The Balaban J connectivity index is 1.62. The number of benzene rings is 3. The second-order valence-corrected chi connectivity index (χ2v) is 8.71. The molecular formula is C28H26F3N3O4. The Kier molecular flexibility index (Phi) is 8.30. The highest BCUT2D eigenvalue weighted by molar-refractivity contribution is 5.98. The molecule has 0 radical (unpaired) electrons. The predicted molar refractivity (Wildman–Crippen MR) is 136 cm³/mol. The minimum atomic E-state index is -4.82. The van der Waals surface area contributed by atoms with E-state index < -0.39 is 18.2 Å². The molecule has 10 heteroatoms. The standard InChI is InChI=1S/C28H26F3N3O4/c29-28(30,31)38-22-11-6-10-20(17-22)26-33-23-18-21(27(37)32-15-14-25(35)36)12-13-24(23)34(26)16-5-4-9-19-7-2-1-3-8-19/h1-3,6-8,10-13,17-18H,4-5,9,14-16H2,(H,32,37)(H,35,36). The number of imidazole rings is 1. The van der Waals surface area contributed by atoms with Gasteiger partial charge in [-0.15, -0.1) is 13.2 Å². The Morgan fingerprint density at radius 1 is 0.974 bits per heavy atom. The summed E-state index contributed by atoms with van der Waals surface area (Å²) in [6.45, 7) is 0.548. The molecule has 0 unspecified atom stereocenters. The third kappa shape index (κ3) is 7.12. The Morgan fingerprint density at radius 2 is 1.76 bits per heavy atom. The van der Waals surface area contributed by atoms with Crippen LogP contribution in [0.1, 0.15) is 35.2 Å². The summed E-state index contributed by atoms with van der Waals surface area (Å²) in [4.78, 5) is 27.9. The highest BCUT2D eigenvalue weighted by atomic mass is 19.4. The summed E-state index contributed by atoms with van der Waals surface area (Å²) in [5.41, 5.74) is 3.19. The van der Waals surface area contributed by atoms with Gasteiger partial charge >= 0.3 is 12.3 Å². The van der Waals surface area contributed by atoms with Crippen LogP contribution in [0.15, 0.2) is 72.8 Å². The normalized spacial score (nSPS) is 11.4. The van der Waals surface area contributed by atoms with Gasteiger partial charge in [-0.25, -0.2) is 4.98 Å². The molecule has 4 rings (SSSR count). The number of amides is 1. The number of halogens is 3. The van der Waals surface area contributed by atoms with Crippen LogP contribution in [-0.4, -0.2) is 39.4 Å². The number of aliphatic carboxylic acids is 1. The molecule has 38 heavy (non-hydrogen) atoms. The van der Waals surface area contributed by atoms with Gasteiger partial charge in [-0.2, -0.15) is 0 Å². The van der Waals surface area contributed by atoms with E-state index in [-0.39, 0.29) is 18.7 Å². The fraction of sp³-hybridized carbons (Fsp3) is 0.250. The summed E-state index contributed by atoms with van der Waals surface area (Å²) in [6.07, 6.45) is -2.45. The fourth-order valence-electron chi connectivity index (χ4n) is 4.18. The van der Waals surface area contributed by atoms with Crippen LogP contribution in [0.2, 0.25) is 0 Å². The van der Waals surface area contributed by atoms with Gasteiger partial charge in [0.1, 0.15) is 11.6 Å². The van der Waals surface area contributed by atoms with Crippen molar-refractivity contribution in [3.8, 4) is 17.1 Å². The average Bonchev–Trinajstić information content (AvgIpc) is 3.24. The molecule has 0 saturated carbocycles. The zero-order valence-electron chi connectivity index (χ0n) is 20.4. The Labute approximate surface area is 216 Å². The van der Waals surface area contributed by atoms with Crippen molar-refractivity contribution in [1.29, 1.82) is 0 Å². The van der Waals surface area contributed by atoms with E-state index in [9.17, 15) is 22.8 Å². The first-order valence-electron chi connectivity index (χ1n) is 12.1. The number of rotatable bonds is 11. The van der Waals surface area contributed by atoms with Gasteiger partial charge in [0.25, 0.3) is 5.91 Å². The topological polar surface area (TPSA) is 93.5 Å². The maximum Gasteiger partial charge on any atom is 0.573 e. The molecule has 1 aromatic heterocycles. The number of aromatic nitrogens is 2. The number of hydrogen-bond acceptors (Lipinski definition) is 4. The number of aryl methyl sites for hydroxylation is 2. The second kappa shape index (κ2) is 11.8. The van der Waals surface area contributed by atoms with Gasteiger partial charge in [-0.1, -0.05) is 42.5 Å². The number of unbranched alkanes of at least 4 members (excludes halogenated alkanes) is 1. The van der Waals surface area contributed by atoms with E-state index in [2.05, 4.69) is 27.2 Å². The molecule has 2 N–H and O–H groups in total. The lowest BCUT2D eigenvalue weighted by atomic mass is 10.1. The molecule has 3 aromatic carbocycles. The number of carboxylic acid groups (broad SMARTS) is 1. The SMILES string of the molecule is O=C(O)CCNC(=O)c1ccc2c(c1)nc(-c1cccc(OC(F)(F)F)c1)n2CCCCc1ccccc1. The zero-order valence-corrected chi connectivity index (χ0v) is 20.4. The van der Waals surface area contributed by atoms with Gasteiger partial charge in [0.15, 0.2) is 0 Å². The van der Waals surface area contributed by atoms with Gasteiger partial charge in [0.2, 0.25) is 0 Å². The monoisotopic (exact) mass is 525 g/mol. The minimum absolute atomic E-state index is 0.0146. The molecule has 1 heterocycles. The van der Waals surface area contributed by atoms with Gasteiger partial charge in [0, 0.05) is 24.2 Å². The molecule has 0 bridgehead atoms. The van der Waals surface area contributed by atoms with Crippen LogP contribution in [0.25, 0.3) is 22.4 Å². The number of ether oxygens (including phenoxy) is 1. The smallest absolute Gasteiger partial charge is 0.481 e. The number of nitrogens with zero attached hydrogens (tertiary/aromatic N) is 2. The molecule has 198 valence electrons. The molecule has 0 fully saturated rings. The van der Waals surface area contributed by atoms with Crippen LogP contribution >= 0.6 is 0 Å². The number of fused-ring (bicyclic) bond motifs is 1. The van der Waals surface area contributed by atoms with Gasteiger partial charge in [0.05, 0.1) is 17.5 Å². The van der Waals surface area contributed by atoms with Gasteiger partial charge in [-0.3, -0.25) is 9.59 Å². The van der Waals surface area contributed by atoms with Crippen molar-refractivity contribution < 1.29 is 32.6 Å².